The number of aryl methyl sites for hydroxylation is 1. The Morgan fingerprint density at radius 2 is 1.40 bits per heavy atom. The van der Waals surface area contributed by atoms with Gasteiger partial charge in [-0.25, -0.2) is 8.42 Å². The molecule has 184 valence electrons. The molecule has 0 spiro atoms. The summed E-state index contributed by atoms with van der Waals surface area (Å²) in [6, 6.07) is 25.0. The first-order valence-electron chi connectivity index (χ1n) is 11.3. The van der Waals surface area contributed by atoms with E-state index in [0.29, 0.717) is 12.1 Å². The van der Waals surface area contributed by atoms with E-state index in [9.17, 15) is 18.0 Å². The molecule has 1 atom stereocenters. The molecule has 0 radical (unpaired) electrons. The fourth-order valence-corrected chi connectivity index (χ4v) is 4.85. The maximum absolute atomic E-state index is 13.8. The topological polar surface area (TPSA) is 86.8 Å². The monoisotopic (exact) mass is 493 g/mol. The Hall–Kier alpha value is -3.65. The zero-order valence-corrected chi connectivity index (χ0v) is 21.0. The van der Waals surface area contributed by atoms with E-state index in [4.69, 9.17) is 0 Å². The number of benzene rings is 3. The lowest BCUT2D eigenvalue weighted by Crippen LogP contribution is -2.53. The predicted octanol–water partition coefficient (Wildman–Crippen LogP) is 3.15. The number of hydrogen-bond acceptors (Lipinski definition) is 4. The number of amides is 2. The second-order valence-corrected chi connectivity index (χ2v) is 10.3. The van der Waals surface area contributed by atoms with Crippen LogP contribution in [0, 0.1) is 6.92 Å². The maximum Gasteiger partial charge on any atom is 0.244 e. The van der Waals surface area contributed by atoms with Crippen LogP contribution < -0.4 is 9.62 Å². The van der Waals surface area contributed by atoms with E-state index < -0.39 is 28.5 Å². The average Bonchev–Trinajstić information content (AvgIpc) is 2.85. The van der Waals surface area contributed by atoms with Crippen LogP contribution in [0.25, 0.3) is 0 Å². The molecule has 8 heteroatoms. The smallest absolute Gasteiger partial charge is 0.244 e. The van der Waals surface area contributed by atoms with Crippen LogP contribution in [-0.4, -0.2) is 51.0 Å². The average molecular weight is 494 g/mol. The molecule has 2 amide bonds. The lowest BCUT2D eigenvalue weighted by Gasteiger charge is -2.33. The normalized spacial score (nSPS) is 12.0. The van der Waals surface area contributed by atoms with Gasteiger partial charge in [-0.15, -0.1) is 0 Å². The first-order chi connectivity index (χ1) is 16.7. The van der Waals surface area contributed by atoms with Gasteiger partial charge in [0.05, 0.1) is 11.9 Å². The quantitative estimate of drug-likeness (QED) is 0.470. The number of nitrogens with zero attached hydrogens (tertiary/aromatic N) is 2. The van der Waals surface area contributed by atoms with Gasteiger partial charge in [0.1, 0.15) is 12.6 Å². The van der Waals surface area contributed by atoms with Crippen molar-refractivity contribution < 1.29 is 18.0 Å². The van der Waals surface area contributed by atoms with Crippen molar-refractivity contribution in [1.29, 1.82) is 0 Å². The van der Waals surface area contributed by atoms with E-state index >= 15 is 0 Å². The Balaban J connectivity index is 2.01. The maximum atomic E-state index is 13.8. The summed E-state index contributed by atoms with van der Waals surface area (Å²) < 4.78 is 26.6. The number of rotatable bonds is 10. The van der Waals surface area contributed by atoms with E-state index in [2.05, 4.69) is 5.32 Å². The van der Waals surface area contributed by atoms with Crippen LogP contribution in [0.5, 0.6) is 0 Å². The third kappa shape index (κ3) is 6.93. The second kappa shape index (κ2) is 11.7. The summed E-state index contributed by atoms with van der Waals surface area (Å²) in [5.41, 5.74) is 2.89. The van der Waals surface area contributed by atoms with Crippen LogP contribution in [0.4, 0.5) is 5.69 Å². The van der Waals surface area contributed by atoms with Crippen LogP contribution in [0.1, 0.15) is 16.7 Å². The predicted molar refractivity (Wildman–Crippen MR) is 138 cm³/mol. The molecule has 0 bridgehead atoms. The lowest BCUT2D eigenvalue weighted by molar-refractivity contribution is -0.139. The Kier molecular flexibility index (Phi) is 8.65. The summed E-state index contributed by atoms with van der Waals surface area (Å²) in [4.78, 5) is 28.3. The number of likely N-dealkylation sites (N-methyl/N-ethyl adjacent to an activating group) is 1. The number of carbonyl (C=O) groups excluding carboxylic acids is 2. The SMILES string of the molecule is CNC(=O)[C@@H](Cc1ccccc1)N(Cc1ccccc1)C(=O)CN(c1ccccc1C)S(C)(=O)=O. The summed E-state index contributed by atoms with van der Waals surface area (Å²) in [6.07, 6.45) is 1.37. The van der Waals surface area contributed by atoms with Gasteiger partial charge in [-0.3, -0.25) is 13.9 Å². The van der Waals surface area contributed by atoms with Crippen LogP contribution in [0.15, 0.2) is 84.9 Å². The highest BCUT2D eigenvalue weighted by Crippen LogP contribution is 2.23. The van der Waals surface area contributed by atoms with Crippen molar-refractivity contribution in [1.82, 2.24) is 10.2 Å². The van der Waals surface area contributed by atoms with Crippen LogP contribution in [-0.2, 0) is 32.6 Å². The Morgan fingerprint density at radius 3 is 1.94 bits per heavy atom. The molecule has 0 heterocycles. The molecule has 0 unspecified atom stereocenters. The molecule has 35 heavy (non-hydrogen) atoms. The molecule has 7 nitrogen and oxygen atoms in total. The molecular formula is C27H31N3O4S. The highest BCUT2D eigenvalue weighted by Gasteiger charge is 2.32. The summed E-state index contributed by atoms with van der Waals surface area (Å²) in [5, 5.41) is 2.67. The number of carbonyl (C=O) groups is 2. The molecule has 0 aliphatic carbocycles. The molecule has 0 aliphatic rings. The van der Waals surface area contributed by atoms with E-state index in [1.807, 2.05) is 66.7 Å². The highest BCUT2D eigenvalue weighted by atomic mass is 32.2. The first-order valence-corrected chi connectivity index (χ1v) is 13.2. The minimum absolute atomic E-state index is 0.163. The van der Waals surface area contributed by atoms with Crippen molar-refractivity contribution >= 4 is 27.5 Å². The van der Waals surface area contributed by atoms with Crippen molar-refractivity contribution in [2.45, 2.75) is 25.9 Å². The third-order valence-electron chi connectivity index (χ3n) is 5.78. The van der Waals surface area contributed by atoms with E-state index in [0.717, 1.165) is 27.3 Å². The molecule has 3 aromatic rings. The summed E-state index contributed by atoms with van der Waals surface area (Å²) in [6.45, 7) is 1.54. The molecule has 0 fully saturated rings. The van der Waals surface area contributed by atoms with Gasteiger partial charge in [-0.1, -0.05) is 78.9 Å². The summed E-state index contributed by atoms with van der Waals surface area (Å²) >= 11 is 0. The highest BCUT2D eigenvalue weighted by molar-refractivity contribution is 7.92. The number of anilines is 1. The number of nitrogens with one attached hydrogen (secondary N) is 1. The minimum atomic E-state index is -3.77. The summed E-state index contributed by atoms with van der Waals surface area (Å²) in [5.74, 6) is -0.785. The molecule has 3 aromatic carbocycles. The molecule has 0 saturated carbocycles. The fourth-order valence-electron chi connectivity index (χ4n) is 3.94. The van der Waals surface area contributed by atoms with Gasteiger partial charge in [0.25, 0.3) is 0 Å². The summed E-state index contributed by atoms with van der Waals surface area (Å²) in [7, 11) is -2.24. The lowest BCUT2D eigenvalue weighted by atomic mass is 10.0. The molecule has 0 aromatic heterocycles. The van der Waals surface area contributed by atoms with Crippen LogP contribution in [0.3, 0.4) is 0 Å². The van der Waals surface area contributed by atoms with Crippen LogP contribution in [0.2, 0.25) is 0 Å². The second-order valence-electron chi connectivity index (χ2n) is 8.38. The van der Waals surface area contributed by atoms with Crippen molar-refractivity contribution in [2.75, 3.05) is 24.2 Å². The largest absolute Gasteiger partial charge is 0.357 e. The first kappa shape index (κ1) is 26.0. The Labute approximate surface area is 207 Å². The zero-order valence-electron chi connectivity index (χ0n) is 20.2. The Morgan fingerprint density at radius 1 is 0.857 bits per heavy atom. The van der Waals surface area contributed by atoms with Crippen molar-refractivity contribution in [3.05, 3.63) is 102 Å². The Bertz CT molecular complexity index is 1250. The zero-order chi connectivity index (χ0) is 25.4. The molecule has 3 rings (SSSR count). The van der Waals surface area contributed by atoms with Gasteiger partial charge in [-0.05, 0) is 29.7 Å². The van der Waals surface area contributed by atoms with Gasteiger partial charge >= 0.3 is 0 Å². The van der Waals surface area contributed by atoms with Crippen molar-refractivity contribution in [3.8, 4) is 0 Å². The number of para-hydroxylation sites is 1. The third-order valence-corrected chi connectivity index (χ3v) is 6.90. The van der Waals surface area contributed by atoms with Gasteiger partial charge in [0, 0.05) is 20.0 Å². The number of sulfonamides is 1. The van der Waals surface area contributed by atoms with Gasteiger partial charge in [-0.2, -0.15) is 0 Å². The molecule has 0 saturated heterocycles. The van der Waals surface area contributed by atoms with E-state index in [1.54, 1.807) is 25.1 Å². The molecule has 0 aliphatic heterocycles. The fraction of sp³-hybridized carbons (Fsp3) is 0.259. The van der Waals surface area contributed by atoms with Gasteiger partial charge in [0.2, 0.25) is 21.8 Å². The standard InChI is InChI=1S/C27H31N3O4S/c1-21-12-10-11-17-24(21)30(35(3,33)34)20-26(31)29(19-23-15-8-5-9-16-23)25(27(32)28-2)18-22-13-6-4-7-14-22/h4-17,25H,18-20H2,1-3H3,(H,28,32)/t25-/m1/s1. The van der Waals surface area contributed by atoms with Crippen LogP contribution >= 0.6 is 0 Å². The van der Waals surface area contributed by atoms with Gasteiger partial charge in [0.15, 0.2) is 0 Å². The minimum Gasteiger partial charge on any atom is -0.357 e. The van der Waals surface area contributed by atoms with Gasteiger partial charge < -0.3 is 10.2 Å². The van der Waals surface area contributed by atoms with Crippen molar-refractivity contribution in [2.24, 2.45) is 0 Å². The molecule has 1 N–H and O–H groups in total. The van der Waals surface area contributed by atoms with E-state index in [1.165, 1.54) is 11.9 Å². The number of hydrogen-bond donors (Lipinski definition) is 1. The molecular weight excluding hydrogens is 462 g/mol. The van der Waals surface area contributed by atoms with Crippen molar-refractivity contribution in [3.63, 3.8) is 0 Å². The van der Waals surface area contributed by atoms with E-state index in [-0.39, 0.29) is 12.5 Å².